The fraction of sp³-hybridized carbons (Fsp3) is 0.250. The minimum absolute atomic E-state index is 0.0425. The molecule has 0 saturated heterocycles. The third-order valence-corrected chi connectivity index (χ3v) is 1.69. The third-order valence-electron chi connectivity index (χ3n) is 1.69. The summed E-state index contributed by atoms with van der Waals surface area (Å²) in [4.78, 5) is 0. The zero-order valence-corrected chi connectivity index (χ0v) is 6.57. The van der Waals surface area contributed by atoms with Crippen molar-refractivity contribution in [3.8, 4) is 5.75 Å². The van der Waals surface area contributed by atoms with Gasteiger partial charge in [-0.3, -0.25) is 0 Å². The van der Waals surface area contributed by atoms with Gasteiger partial charge in [0.15, 0.2) is 0 Å². The maximum Gasteiger partial charge on any atom is 0.143 e. The second-order valence-corrected chi connectivity index (χ2v) is 2.57. The van der Waals surface area contributed by atoms with Crippen LogP contribution in [0.1, 0.15) is 11.6 Å². The van der Waals surface area contributed by atoms with Crippen LogP contribution in [0.25, 0.3) is 0 Å². The molecule has 66 valence electrons. The van der Waals surface area contributed by atoms with E-state index in [1.54, 1.807) is 18.2 Å². The lowest BCUT2D eigenvalue weighted by Gasteiger charge is -2.11. The van der Waals surface area contributed by atoms with Crippen molar-refractivity contribution in [1.82, 2.24) is 0 Å². The number of phenolic OH excluding ortho intramolecular Hbond substituents is 1. The topological polar surface area (TPSA) is 92.5 Å². The summed E-state index contributed by atoms with van der Waals surface area (Å²) in [7, 11) is 0. The molecule has 1 aromatic carbocycles. The minimum Gasteiger partial charge on any atom is -0.505 e. The van der Waals surface area contributed by atoms with E-state index in [-0.39, 0.29) is 18.0 Å². The maximum absolute atomic E-state index is 9.38. The Morgan fingerprint density at radius 2 is 2.08 bits per heavy atom. The molecule has 0 heterocycles. The van der Waals surface area contributed by atoms with E-state index < -0.39 is 6.04 Å². The van der Waals surface area contributed by atoms with Gasteiger partial charge in [0, 0.05) is 5.56 Å². The molecule has 1 rings (SSSR count). The van der Waals surface area contributed by atoms with Crippen molar-refractivity contribution < 1.29 is 10.2 Å². The molecule has 0 aliphatic carbocycles. The molecule has 0 aliphatic heterocycles. The molecule has 0 saturated carbocycles. The molecular weight excluding hydrogens is 156 g/mol. The zero-order valence-electron chi connectivity index (χ0n) is 6.57. The van der Waals surface area contributed by atoms with E-state index in [9.17, 15) is 5.11 Å². The van der Waals surface area contributed by atoms with Crippen LogP contribution in [0.4, 0.5) is 5.69 Å². The first kappa shape index (κ1) is 8.83. The summed E-state index contributed by atoms with van der Waals surface area (Å²) < 4.78 is 0. The van der Waals surface area contributed by atoms with Crippen LogP contribution in [0.2, 0.25) is 0 Å². The van der Waals surface area contributed by atoms with Crippen molar-refractivity contribution in [2.24, 2.45) is 5.73 Å². The van der Waals surface area contributed by atoms with E-state index in [2.05, 4.69) is 0 Å². The summed E-state index contributed by atoms with van der Waals surface area (Å²) in [6.07, 6.45) is 0. The Morgan fingerprint density at radius 1 is 1.42 bits per heavy atom. The maximum atomic E-state index is 9.38. The average molecular weight is 168 g/mol. The fourth-order valence-corrected chi connectivity index (χ4v) is 0.978. The van der Waals surface area contributed by atoms with Crippen LogP contribution in [0, 0.1) is 0 Å². The van der Waals surface area contributed by atoms with Gasteiger partial charge in [0.05, 0.1) is 18.3 Å². The van der Waals surface area contributed by atoms with Crippen LogP contribution in [0.15, 0.2) is 18.2 Å². The van der Waals surface area contributed by atoms with Gasteiger partial charge in [0.25, 0.3) is 0 Å². The predicted octanol–water partition coefficient (Wildman–Crippen LogP) is -0.0335. The largest absolute Gasteiger partial charge is 0.505 e. The van der Waals surface area contributed by atoms with Crippen molar-refractivity contribution in [3.05, 3.63) is 23.8 Å². The van der Waals surface area contributed by atoms with E-state index in [0.717, 1.165) is 0 Å². The van der Waals surface area contributed by atoms with Gasteiger partial charge in [-0.25, -0.2) is 0 Å². The number of aliphatic hydroxyl groups excluding tert-OH is 1. The highest BCUT2D eigenvalue weighted by molar-refractivity contribution is 5.56. The molecule has 0 aromatic heterocycles. The predicted molar refractivity (Wildman–Crippen MR) is 46.5 cm³/mol. The zero-order chi connectivity index (χ0) is 9.14. The first-order valence-corrected chi connectivity index (χ1v) is 3.60. The molecule has 0 amide bonds. The molecular formula is C8H12N2O2. The minimum atomic E-state index is -0.575. The molecule has 0 spiro atoms. The fourth-order valence-electron chi connectivity index (χ4n) is 0.978. The molecule has 12 heavy (non-hydrogen) atoms. The number of aliphatic hydroxyl groups is 1. The number of hydrogen-bond acceptors (Lipinski definition) is 4. The lowest BCUT2D eigenvalue weighted by Crippen LogP contribution is -2.14. The number of nitrogen functional groups attached to an aromatic ring is 1. The van der Waals surface area contributed by atoms with E-state index in [1.165, 1.54) is 0 Å². The summed E-state index contributed by atoms with van der Waals surface area (Å²) in [6, 6.07) is 4.31. The van der Waals surface area contributed by atoms with Gasteiger partial charge in [-0.2, -0.15) is 0 Å². The number of rotatable bonds is 2. The Kier molecular flexibility index (Phi) is 2.52. The highest BCUT2D eigenvalue weighted by atomic mass is 16.3. The quantitative estimate of drug-likeness (QED) is 0.368. The van der Waals surface area contributed by atoms with E-state index >= 15 is 0 Å². The Balaban J connectivity index is 3.07. The highest BCUT2D eigenvalue weighted by Crippen LogP contribution is 2.27. The molecule has 4 heteroatoms. The molecule has 4 nitrogen and oxygen atoms in total. The number of nitrogens with two attached hydrogens (primary N) is 2. The van der Waals surface area contributed by atoms with Gasteiger partial charge in [-0.05, 0) is 6.07 Å². The molecule has 0 bridgehead atoms. The van der Waals surface area contributed by atoms with Crippen molar-refractivity contribution in [1.29, 1.82) is 0 Å². The van der Waals surface area contributed by atoms with Gasteiger partial charge in [0.1, 0.15) is 5.75 Å². The first-order chi connectivity index (χ1) is 5.66. The lowest BCUT2D eigenvalue weighted by atomic mass is 10.1. The molecule has 0 aliphatic rings. The summed E-state index contributed by atoms with van der Waals surface area (Å²) >= 11 is 0. The number of anilines is 1. The summed E-state index contributed by atoms with van der Waals surface area (Å²) in [5.74, 6) is -0.0425. The standard InChI is InChI=1S/C8H12N2O2/c9-6-3-1-2-5(8(6)12)7(10)4-11/h1-3,7,11-12H,4,9-10H2. The van der Waals surface area contributed by atoms with Crippen molar-refractivity contribution in [3.63, 3.8) is 0 Å². The normalized spacial score (nSPS) is 12.8. The van der Waals surface area contributed by atoms with Crippen molar-refractivity contribution >= 4 is 5.69 Å². The third kappa shape index (κ3) is 1.49. The molecule has 1 unspecified atom stereocenters. The molecule has 1 atom stereocenters. The van der Waals surface area contributed by atoms with Crippen LogP contribution in [0.5, 0.6) is 5.75 Å². The van der Waals surface area contributed by atoms with Gasteiger partial charge in [-0.15, -0.1) is 0 Å². The SMILES string of the molecule is Nc1cccc(C(N)CO)c1O. The Morgan fingerprint density at radius 3 is 2.67 bits per heavy atom. The lowest BCUT2D eigenvalue weighted by molar-refractivity contribution is 0.265. The average Bonchev–Trinajstić information content (AvgIpc) is 2.08. The van der Waals surface area contributed by atoms with E-state index in [4.69, 9.17) is 16.6 Å². The van der Waals surface area contributed by atoms with Gasteiger partial charge in [0.2, 0.25) is 0 Å². The Bertz CT molecular complexity index is 276. The number of hydrogen-bond donors (Lipinski definition) is 4. The highest BCUT2D eigenvalue weighted by Gasteiger charge is 2.10. The first-order valence-electron chi connectivity index (χ1n) is 3.60. The molecule has 0 fully saturated rings. The summed E-state index contributed by atoms with van der Waals surface area (Å²) in [5.41, 5.74) is 11.7. The van der Waals surface area contributed by atoms with Crippen LogP contribution >= 0.6 is 0 Å². The van der Waals surface area contributed by atoms with Gasteiger partial charge < -0.3 is 21.7 Å². The summed E-state index contributed by atoms with van der Waals surface area (Å²) in [6.45, 7) is -0.211. The van der Waals surface area contributed by atoms with Crippen LogP contribution in [0.3, 0.4) is 0 Å². The van der Waals surface area contributed by atoms with Gasteiger partial charge >= 0.3 is 0 Å². The van der Waals surface area contributed by atoms with Crippen LogP contribution in [-0.2, 0) is 0 Å². The van der Waals surface area contributed by atoms with E-state index in [1.807, 2.05) is 0 Å². The number of phenols is 1. The monoisotopic (exact) mass is 168 g/mol. The number of benzene rings is 1. The smallest absolute Gasteiger partial charge is 0.143 e. The van der Waals surface area contributed by atoms with Crippen molar-refractivity contribution in [2.45, 2.75) is 6.04 Å². The second-order valence-electron chi connectivity index (χ2n) is 2.57. The Labute approximate surface area is 70.4 Å². The van der Waals surface area contributed by atoms with Crippen molar-refractivity contribution in [2.75, 3.05) is 12.3 Å². The number of aromatic hydroxyl groups is 1. The van der Waals surface area contributed by atoms with Crippen LogP contribution in [-0.4, -0.2) is 16.8 Å². The van der Waals surface area contributed by atoms with E-state index in [0.29, 0.717) is 5.56 Å². The molecule has 1 aromatic rings. The summed E-state index contributed by atoms with van der Waals surface area (Å²) in [5, 5.41) is 18.1. The molecule has 0 radical (unpaired) electrons. The number of para-hydroxylation sites is 1. The van der Waals surface area contributed by atoms with Crippen LogP contribution < -0.4 is 11.5 Å². The Hall–Kier alpha value is -1.26. The van der Waals surface area contributed by atoms with Gasteiger partial charge in [-0.1, -0.05) is 12.1 Å². The molecule has 6 N–H and O–H groups in total. The second kappa shape index (κ2) is 3.42.